The minimum absolute atomic E-state index is 0.0535. The second-order valence-corrected chi connectivity index (χ2v) is 6.69. The van der Waals surface area contributed by atoms with Crippen molar-refractivity contribution in [2.45, 2.75) is 77.2 Å². The zero-order valence-corrected chi connectivity index (χ0v) is 12.4. The largest absolute Gasteiger partial charge is 0.355 e. The van der Waals surface area contributed by atoms with Crippen molar-refractivity contribution in [1.82, 2.24) is 5.32 Å². The molecule has 0 aromatic heterocycles. The number of nitrogens with one attached hydrogen (secondary N) is 1. The topological polar surface area (TPSA) is 55.1 Å². The van der Waals surface area contributed by atoms with Crippen LogP contribution in [0.5, 0.6) is 0 Å². The lowest BCUT2D eigenvalue weighted by atomic mass is 9.83. The van der Waals surface area contributed by atoms with Crippen LogP contribution in [0.2, 0.25) is 0 Å². The van der Waals surface area contributed by atoms with Gasteiger partial charge in [-0.05, 0) is 37.5 Å². The van der Waals surface area contributed by atoms with Crippen LogP contribution < -0.4 is 11.1 Å². The lowest BCUT2D eigenvalue weighted by Gasteiger charge is -2.29. The standard InChI is InChI=1S/C16H30N2O/c1-2-16(10-6-7-11-16)12-18-15(19)13-8-4-3-5-9-14(13)17/h13-14H,2-12,17H2,1H3,(H,18,19). The van der Waals surface area contributed by atoms with E-state index in [2.05, 4.69) is 12.2 Å². The fourth-order valence-electron chi connectivity index (χ4n) is 3.85. The lowest BCUT2D eigenvalue weighted by molar-refractivity contribution is -0.126. The summed E-state index contributed by atoms with van der Waals surface area (Å²) in [4.78, 5) is 12.4. The van der Waals surface area contributed by atoms with Crippen LogP contribution in [-0.4, -0.2) is 18.5 Å². The van der Waals surface area contributed by atoms with E-state index in [1.54, 1.807) is 0 Å². The van der Waals surface area contributed by atoms with E-state index in [9.17, 15) is 4.79 Å². The van der Waals surface area contributed by atoms with Gasteiger partial charge >= 0.3 is 0 Å². The maximum atomic E-state index is 12.4. The molecule has 3 N–H and O–H groups in total. The zero-order valence-electron chi connectivity index (χ0n) is 12.4. The molecule has 0 heterocycles. The van der Waals surface area contributed by atoms with Gasteiger partial charge < -0.3 is 11.1 Å². The van der Waals surface area contributed by atoms with E-state index in [1.807, 2.05) is 0 Å². The van der Waals surface area contributed by atoms with E-state index in [-0.39, 0.29) is 17.9 Å². The second-order valence-electron chi connectivity index (χ2n) is 6.69. The Kier molecular flexibility index (Phi) is 5.26. The normalized spacial score (nSPS) is 30.8. The third kappa shape index (κ3) is 3.71. The highest BCUT2D eigenvalue weighted by molar-refractivity contribution is 5.79. The summed E-state index contributed by atoms with van der Waals surface area (Å²) in [5.74, 6) is 0.270. The molecule has 3 nitrogen and oxygen atoms in total. The molecule has 110 valence electrons. The molecule has 2 rings (SSSR count). The Balaban J connectivity index is 1.85. The number of amides is 1. The highest BCUT2D eigenvalue weighted by Crippen LogP contribution is 2.40. The van der Waals surface area contributed by atoms with Gasteiger partial charge in [0.1, 0.15) is 0 Å². The van der Waals surface area contributed by atoms with Crippen molar-refractivity contribution in [2.24, 2.45) is 17.1 Å². The van der Waals surface area contributed by atoms with Crippen LogP contribution in [-0.2, 0) is 4.79 Å². The van der Waals surface area contributed by atoms with Crippen LogP contribution in [0.1, 0.15) is 71.1 Å². The highest BCUT2D eigenvalue weighted by atomic mass is 16.1. The third-order valence-electron chi connectivity index (χ3n) is 5.46. The maximum absolute atomic E-state index is 12.4. The first-order valence-corrected chi connectivity index (χ1v) is 8.20. The Morgan fingerprint density at radius 1 is 1.16 bits per heavy atom. The maximum Gasteiger partial charge on any atom is 0.224 e. The van der Waals surface area contributed by atoms with Crippen molar-refractivity contribution in [2.75, 3.05) is 6.54 Å². The van der Waals surface area contributed by atoms with Gasteiger partial charge in [-0.3, -0.25) is 4.79 Å². The molecular weight excluding hydrogens is 236 g/mol. The van der Waals surface area contributed by atoms with Crippen LogP contribution in [0.25, 0.3) is 0 Å². The van der Waals surface area contributed by atoms with Crippen LogP contribution in [0, 0.1) is 11.3 Å². The Hall–Kier alpha value is -0.570. The molecule has 0 radical (unpaired) electrons. The molecule has 0 saturated heterocycles. The minimum atomic E-state index is 0.0535. The molecule has 2 fully saturated rings. The molecule has 0 aromatic carbocycles. The summed E-state index contributed by atoms with van der Waals surface area (Å²) in [7, 11) is 0. The molecule has 19 heavy (non-hydrogen) atoms. The van der Waals surface area contributed by atoms with E-state index >= 15 is 0 Å². The number of nitrogens with two attached hydrogens (primary N) is 1. The van der Waals surface area contributed by atoms with Crippen molar-refractivity contribution in [3.8, 4) is 0 Å². The summed E-state index contributed by atoms with van der Waals surface area (Å²) in [6.07, 6.45) is 12.0. The Labute approximate surface area is 117 Å². The average molecular weight is 266 g/mol. The smallest absolute Gasteiger partial charge is 0.224 e. The SMILES string of the molecule is CCC1(CNC(=O)C2CCCCCC2N)CCCC1. The molecule has 0 aliphatic heterocycles. The summed E-state index contributed by atoms with van der Waals surface area (Å²) < 4.78 is 0. The van der Waals surface area contributed by atoms with Gasteiger partial charge in [-0.15, -0.1) is 0 Å². The third-order valence-corrected chi connectivity index (χ3v) is 5.46. The summed E-state index contributed by atoms with van der Waals surface area (Å²) >= 11 is 0. The Bertz CT molecular complexity index is 297. The zero-order chi connectivity index (χ0) is 13.7. The van der Waals surface area contributed by atoms with Crippen LogP contribution >= 0.6 is 0 Å². The number of hydrogen-bond acceptors (Lipinski definition) is 2. The Morgan fingerprint density at radius 2 is 1.84 bits per heavy atom. The van der Waals surface area contributed by atoms with E-state index in [0.29, 0.717) is 5.41 Å². The van der Waals surface area contributed by atoms with E-state index in [1.165, 1.54) is 44.9 Å². The molecular formula is C16H30N2O. The van der Waals surface area contributed by atoms with Crippen LogP contribution in [0.15, 0.2) is 0 Å². The van der Waals surface area contributed by atoms with E-state index in [4.69, 9.17) is 5.73 Å². The highest BCUT2D eigenvalue weighted by Gasteiger charge is 2.34. The first kappa shape index (κ1) is 14.8. The van der Waals surface area contributed by atoms with E-state index in [0.717, 1.165) is 25.8 Å². The molecule has 2 aliphatic rings. The molecule has 1 amide bonds. The first-order valence-electron chi connectivity index (χ1n) is 8.20. The van der Waals surface area contributed by atoms with Gasteiger partial charge in [0.15, 0.2) is 0 Å². The molecule has 0 aromatic rings. The fraction of sp³-hybridized carbons (Fsp3) is 0.938. The van der Waals surface area contributed by atoms with Crippen LogP contribution in [0.3, 0.4) is 0 Å². The molecule has 0 bridgehead atoms. The van der Waals surface area contributed by atoms with Crippen molar-refractivity contribution >= 4 is 5.91 Å². The number of carbonyl (C=O) groups excluding carboxylic acids is 1. The summed E-state index contributed by atoms with van der Waals surface area (Å²) in [5.41, 5.74) is 6.55. The summed E-state index contributed by atoms with van der Waals surface area (Å²) in [6.45, 7) is 3.13. The van der Waals surface area contributed by atoms with Crippen molar-refractivity contribution in [1.29, 1.82) is 0 Å². The van der Waals surface area contributed by atoms with Gasteiger partial charge in [-0.2, -0.15) is 0 Å². The second kappa shape index (κ2) is 6.74. The van der Waals surface area contributed by atoms with E-state index < -0.39 is 0 Å². The van der Waals surface area contributed by atoms with Crippen molar-refractivity contribution in [3.05, 3.63) is 0 Å². The number of carbonyl (C=O) groups is 1. The van der Waals surface area contributed by atoms with Crippen molar-refractivity contribution < 1.29 is 4.79 Å². The van der Waals surface area contributed by atoms with Gasteiger partial charge in [0, 0.05) is 12.6 Å². The molecule has 0 spiro atoms. The average Bonchev–Trinajstić information content (AvgIpc) is 2.79. The number of rotatable bonds is 4. The quantitative estimate of drug-likeness (QED) is 0.769. The lowest BCUT2D eigenvalue weighted by Crippen LogP contribution is -2.44. The van der Waals surface area contributed by atoms with Crippen molar-refractivity contribution in [3.63, 3.8) is 0 Å². The minimum Gasteiger partial charge on any atom is -0.355 e. The first-order chi connectivity index (χ1) is 9.17. The van der Waals surface area contributed by atoms with Gasteiger partial charge in [-0.25, -0.2) is 0 Å². The van der Waals surface area contributed by atoms with Gasteiger partial charge in [0.2, 0.25) is 5.91 Å². The predicted octanol–water partition coefficient (Wildman–Crippen LogP) is 2.98. The van der Waals surface area contributed by atoms with Gasteiger partial charge in [0.25, 0.3) is 0 Å². The number of hydrogen-bond donors (Lipinski definition) is 2. The molecule has 2 unspecified atom stereocenters. The molecule has 2 saturated carbocycles. The van der Waals surface area contributed by atoms with Gasteiger partial charge in [-0.1, -0.05) is 39.0 Å². The Morgan fingerprint density at radius 3 is 2.53 bits per heavy atom. The molecule has 2 aliphatic carbocycles. The molecule has 3 heteroatoms. The molecule has 2 atom stereocenters. The fourth-order valence-corrected chi connectivity index (χ4v) is 3.85. The predicted molar refractivity (Wildman–Crippen MR) is 78.8 cm³/mol. The summed E-state index contributed by atoms with van der Waals surface area (Å²) in [5, 5.41) is 3.23. The van der Waals surface area contributed by atoms with Gasteiger partial charge in [0.05, 0.1) is 5.92 Å². The monoisotopic (exact) mass is 266 g/mol. The van der Waals surface area contributed by atoms with Crippen LogP contribution in [0.4, 0.5) is 0 Å². The summed E-state index contributed by atoms with van der Waals surface area (Å²) in [6, 6.07) is 0.0728.